The number of anilines is 1. The second kappa shape index (κ2) is 15.4. The molecule has 2 aliphatic carbocycles. The number of aromatic nitrogens is 5. The summed E-state index contributed by atoms with van der Waals surface area (Å²) in [6.45, 7) is 9.68. The first kappa shape index (κ1) is 39.5. The fourth-order valence-electron chi connectivity index (χ4n) is 10.3. The average molecular weight is 841 g/mol. The molecule has 0 radical (unpaired) electrons. The molecular weight excluding hydrogens is 789 g/mol. The molecule has 2 saturated heterocycles. The van der Waals surface area contributed by atoms with Crippen molar-refractivity contribution in [2.45, 2.75) is 102 Å². The van der Waals surface area contributed by atoms with Crippen LogP contribution in [0.3, 0.4) is 0 Å². The molecule has 4 aromatic heterocycles. The number of nitrogens with zero attached hydrogens (tertiary/aromatic N) is 7. The predicted molar refractivity (Wildman–Crippen MR) is 233 cm³/mol. The van der Waals surface area contributed by atoms with Crippen LogP contribution in [0.5, 0.6) is 5.75 Å². The lowest BCUT2D eigenvalue weighted by atomic mass is 9.57. The highest BCUT2D eigenvalue weighted by Gasteiger charge is 2.54. The van der Waals surface area contributed by atoms with Crippen LogP contribution in [-0.2, 0) is 9.59 Å². The van der Waals surface area contributed by atoms with Gasteiger partial charge < -0.3 is 34.4 Å². The van der Waals surface area contributed by atoms with E-state index in [2.05, 4.69) is 47.3 Å². The normalized spacial score (nSPS) is 21.1. The Hall–Kier alpha value is -5.60. The number of likely N-dealkylation sites (tertiary alicyclic amines) is 1. The molecule has 6 aromatic rings. The van der Waals surface area contributed by atoms with E-state index in [1.807, 2.05) is 81.7 Å². The van der Waals surface area contributed by atoms with E-state index in [9.17, 15) is 19.8 Å². The Morgan fingerprint density at radius 3 is 2.46 bits per heavy atom. The van der Waals surface area contributed by atoms with Crippen LogP contribution in [0.25, 0.3) is 32.7 Å². The second-order valence-electron chi connectivity index (χ2n) is 18.3. The van der Waals surface area contributed by atoms with Gasteiger partial charge in [-0.2, -0.15) is 0 Å². The van der Waals surface area contributed by atoms with Gasteiger partial charge in [0.25, 0.3) is 0 Å². The van der Waals surface area contributed by atoms with Crippen molar-refractivity contribution in [2.75, 3.05) is 24.5 Å². The summed E-state index contributed by atoms with van der Waals surface area (Å²) in [6, 6.07) is 20.9. The van der Waals surface area contributed by atoms with E-state index >= 15 is 0 Å². The van der Waals surface area contributed by atoms with E-state index < -0.39 is 18.1 Å². The number of aromatic hydroxyl groups is 1. The van der Waals surface area contributed by atoms with Crippen molar-refractivity contribution in [3.63, 3.8) is 0 Å². The number of phenolic OH excluding ortho intramolecular Hbond substituents is 1. The third kappa shape index (κ3) is 7.07. The molecule has 2 aromatic carbocycles. The second-order valence-corrected chi connectivity index (χ2v) is 19.2. The molecular formula is C47H52N8O5S. The molecule has 61 heavy (non-hydrogen) atoms. The third-order valence-electron chi connectivity index (χ3n) is 13.8. The zero-order valence-electron chi connectivity index (χ0n) is 35.0. The van der Waals surface area contributed by atoms with Gasteiger partial charge in [-0.25, -0.2) is 4.98 Å². The molecule has 2 aliphatic heterocycles. The molecule has 10 rings (SSSR count). The van der Waals surface area contributed by atoms with Crippen LogP contribution < -0.4 is 10.2 Å². The molecule has 1 spiro atoms. The molecule has 316 valence electrons. The number of carbonyl (C=O) groups is 2. The number of benzene rings is 2. The average Bonchev–Trinajstić information content (AvgIpc) is 4.00. The molecule has 4 fully saturated rings. The molecule has 2 amide bonds. The van der Waals surface area contributed by atoms with E-state index in [1.165, 1.54) is 17.0 Å². The zero-order valence-corrected chi connectivity index (χ0v) is 35.8. The van der Waals surface area contributed by atoms with E-state index in [0.29, 0.717) is 29.0 Å². The van der Waals surface area contributed by atoms with Crippen LogP contribution in [0.15, 0.2) is 76.8 Å². The molecule has 13 nitrogen and oxygen atoms in total. The zero-order chi connectivity index (χ0) is 42.2. The standard InChI is InChI=1S/C47H52N8O5S/c1-26(2)43(46(59)54-22-33(56)16-39(54)45(58)49-27(3)29-12-14-30(15-13-29)44-28(4)48-25-61-44)41-19-42(52-60-41)53-23-47(24-53)20-31(21-47)37-18-36-38(55(37)32-8-7-9-32)17-35(50-51-36)34-10-5-6-11-40(34)57/h5-6,10-15,17-19,25-27,31-33,39,43,56-57H,7-9,16,20-24H2,1-4H3,(H,49,58)/t27-,33+,39-,43-/m0/s1. The summed E-state index contributed by atoms with van der Waals surface area (Å²) in [7, 11) is 0. The third-order valence-corrected chi connectivity index (χ3v) is 14.8. The molecule has 0 unspecified atom stereocenters. The van der Waals surface area contributed by atoms with E-state index in [1.54, 1.807) is 17.4 Å². The van der Waals surface area contributed by atoms with Gasteiger partial charge >= 0.3 is 0 Å². The minimum Gasteiger partial charge on any atom is -0.507 e. The van der Waals surface area contributed by atoms with Crippen molar-refractivity contribution < 1.29 is 24.3 Å². The minimum absolute atomic E-state index is 0.0816. The highest BCUT2D eigenvalue weighted by molar-refractivity contribution is 7.13. The lowest BCUT2D eigenvalue weighted by Crippen LogP contribution is -2.62. The quantitative estimate of drug-likeness (QED) is 0.117. The maximum Gasteiger partial charge on any atom is 0.243 e. The number of nitrogens with one attached hydrogen (secondary N) is 1. The first-order chi connectivity index (χ1) is 29.4. The van der Waals surface area contributed by atoms with Crippen LogP contribution in [0.2, 0.25) is 0 Å². The van der Waals surface area contributed by atoms with Crippen molar-refractivity contribution in [1.82, 2.24) is 35.1 Å². The number of aliphatic hydroxyl groups is 1. The van der Waals surface area contributed by atoms with Crippen molar-refractivity contribution in [1.29, 1.82) is 0 Å². The fraction of sp³-hybridized carbons (Fsp3) is 0.447. The number of para-hydroxylation sites is 1. The summed E-state index contributed by atoms with van der Waals surface area (Å²) in [5.74, 6) is 0.492. The van der Waals surface area contributed by atoms with Gasteiger partial charge in [-0.3, -0.25) is 9.59 Å². The number of aryl methyl sites for hydroxylation is 1. The fourth-order valence-corrected chi connectivity index (χ4v) is 11.1. The highest BCUT2D eigenvalue weighted by Crippen LogP contribution is 2.58. The molecule has 4 atom stereocenters. The maximum absolute atomic E-state index is 14.4. The van der Waals surface area contributed by atoms with Gasteiger partial charge in [0.15, 0.2) is 11.6 Å². The van der Waals surface area contributed by atoms with Gasteiger partial charge in [0.2, 0.25) is 11.8 Å². The molecule has 3 N–H and O–H groups in total. The number of aliphatic hydroxyl groups excluding tert-OH is 1. The van der Waals surface area contributed by atoms with Crippen LogP contribution >= 0.6 is 11.3 Å². The maximum atomic E-state index is 14.4. The Morgan fingerprint density at radius 2 is 1.77 bits per heavy atom. The summed E-state index contributed by atoms with van der Waals surface area (Å²) >= 11 is 1.60. The van der Waals surface area contributed by atoms with Crippen LogP contribution in [-0.4, -0.2) is 83.6 Å². The Kier molecular flexibility index (Phi) is 9.97. The van der Waals surface area contributed by atoms with Gasteiger partial charge in [-0.15, -0.1) is 21.5 Å². The molecule has 0 bridgehead atoms. The van der Waals surface area contributed by atoms with Gasteiger partial charge in [0.1, 0.15) is 23.2 Å². The monoisotopic (exact) mass is 840 g/mol. The lowest BCUT2D eigenvalue weighted by molar-refractivity contribution is -0.141. The van der Waals surface area contributed by atoms with Gasteiger partial charge in [-0.05, 0) is 87.3 Å². The van der Waals surface area contributed by atoms with Gasteiger partial charge in [0.05, 0.1) is 39.4 Å². The Bertz CT molecular complexity index is 2600. The summed E-state index contributed by atoms with van der Waals surface area (Å²) < 4.78 is 8.44. The Morgan fingerprint density at radius 1 is 1.00 bits per heavy atom. The lowest BCUT2D eigenvalue weighted by Gasteiger charge is -2.59. The van der Waals surface area contributed by atoms with Gasteiger partial charge in [-0.1, -0.05) is 55.4 Å². The molecule has 2 saturated carbocycles. The largest absolute Gasteiger partial charge is 0.507 e. The minimum atomic E-state index is -0.803. The van der Waals surface area contributed by atoms with Crippen molar-refractivity contribution in [3.05, 3.63) is 95.0 Å². The first-order valence-electron chi connectivity index (χ1n) is 21.6. The van der Waals surface area contributed by atoms with Crippen molar-refractivity contribution in [3.8, 4) is 27.4 Å². The number of hydrogen-bond acceptors (Lipinski definition) is 11. The molecule has 14 heteroatoms. The summed E-state index contributed by atoms with van der Waals surface area (Å²) in [5, 5.41) is 38.0. The summed E-state index contributed by atoms with van der Waals surface area (Å²) in [6.07, 6.45) is 5.04. The first-order valence-corrected chi connectivity index (χ1v) is 22.5. The number of thiazole rings is 1. The van der Waals surface area contributed by atoms with Crippen LogP contribution in [0.4, 0.5) is 5.82 Å². The number of phenols is 1. The number of β-amino-alcohol motifs (C(OH)–C–C–N with tert-alkyl or cyclic N) is 1. The van der Waals surface area contributed by atoms with Crippen molar-refractivity contribution in [2.24, 2.45) is 11.3 Å². The highest BCUT2D eigenvalue weighted by atomic mass is 32.1. The van der Waals surface area contributed by atoms with Crippen LogP contribution in [0, 0.1) is 18.3 Å². The number of hydrogen-bond donors (Lipinski definition) is 3. The summed E-state index contributed by atoms with van der Waals surface area (Å²) in [5.41, 5.74) is 9.72. The van der Waals surface area contributed by atoms with E-state index in [0.717, 1.165) is 77.3 Å². The van der Waals surface area contributed by atoms with Crippen molar-refractivity contribution >= 4 is 40.0 Å². The smallest absolute Gasteiger partial charge is 0.243 e. The predicted octanol–water partition coefficient (Wildman–Crippen LogP) is 7.91. The Balaban J connectivity index is 0.792. The number of rotatable bonds is 11. The molecule has 6 heterocycles. The number of fused-ring (bicyclic) bond motifs is 1. The van der Waals surface area contributed by atoms with Gasteiger partial charge in [0, 0.05) is 60.8 Å². The van der Waals surface area contributed by atoms with E-state index in [-0.39, 0.29) is 47.9 Å². The van der Waals surface area contributed by atoms with E-state index in [4.69, 9.17) is 4.52 Å². The number of carbonyl (C=O) groups excluding carboxylic acids is 2. The SMILES string of the molecule is Cc1ncsc1-c1ccc([C@H](C)NC(=O)[C@@H]2C[C@@H](O)CN2C(=O)[C@H](c2cc(N3CC4(CC(c5cc6nnc(-c7ccccc7O)cc6n5C5CCC5)C4)C3)no2)C(C)C)cc1. The van der Waals surface area contributed by atoms with Crippen LogP contribution in [0.1, 0.15) is 106 Å². The number of amides is 2. The Labute approximate surface area is 358 Å². The summed E-state index contributed by atoms with van der Waals surface area (Å²) in [4.78, 5) is 37.4. The molecule has 4 aliphatic rings. The topological polar surface area (TPSA) is 163 Å².